The first-order valence-corrected chi connectivity index (χ1v) is 11.4. The van der Waals surface area contributed by atoms with Gasteiger partial charge in [0.15, 0.2) is 5.76 Å². The van der Waals surface area contributed by atoms with Crippen LogP contribution in [0.4, 0.5) is 5.69 Å². The van der Waals surface area contributed by atoms with Gasteiger partial charge in [0.1, 0.15) is 17.9 Å². The summed E-state index contributed by atoms with van der Waals surface area (Å²) in [5, 5.41) is 15.3. The quantitative estimate of drug-likeness (QED) is 0.117. The molecule has 8 nitrogen and oxygen atoms in total. The van der Waals surface area contributed by atoms with Crippen molar-refractivity contribution in [3.8, 4) is 5.75 Å². The van der Waals surface area contributed by atoms with Crippen LogP contribution < -0.4 is 10.2 Å². The molecule has 0 radical (unpaired) electrons. The molecule has 0 saturated carbocycles. The molecule has 3 aromatic carbocycles. The molecule has 1 amide bonds. The Morgan fingerprint density at radius 3 is 2.70 bits per heavy atom. The fraction of sp³-hybridized carbons (Fsp3) is 0.0435. The average molecular weight is 620 g/mol. The minimum Gasteiger partial charge on any atom is -0.487 e. The van der Waals surface area contributed by atoms with Gasteiger partial charge in [0.2, 0.25) is 0 Å². The van der Waals surface area contributed by atoms with Crippen LogP contribution in [0.15, 0.2) is 80.7 Å². The molecule has 10 heteroatoms. The van der Waals surface area contributed by atoms with Gasteiger partial charge >= 0.3 is 5.91 Å². The molecule has 0 unspecified atom stereocenters. The third-order valence-corrected chi connectivity index (χ3v) is 5.95. The normalized spacial score (nSPS) is 11.1. The lowest BCUT2D eigenvalue weighted by atomic mass is 10.2. The molecule has 0 saturated heterocycles. The first kappa shape index (κ1) is 22.9. The Labute approximate surface area is 210 Å². The lowest BCUT2D eigenvalue weighted by Gasteiger charge is -2.11. The van der Waals surface area contributed by atoms with Crippen molar-refractivity contribution in [1.29, 1.82) is 0 Å². The number of hydrogen-bond acceptors (Lipinski definition) is 6. The number of nitrogens with one attached hydrogen (secondary N) is 1. The number of non-ortho nitro benzene ring substituents is 1. The van der Waals surface area contributed by atoms with Gasteiger partial charge in [-0.05, 0) is 73.9 Å². The van der Waals surface area contributed by atoms with Crippen LogP contribution in [0.25, 0.3) is 11.0 Å². The highest BCUT2D eigenvalue weighted by atomic mass is 127. The van der Waals surface area contributed by atoms with Crippen molar-refractivity contribution in [2.75, 3.05) is 0 Å². The number of rotatable bonds is 7. The first-order chi connectivity index (χ1) is 15.9. The Morgan fingerprint density at radius 2 is 1.97 bits per heavy atom. The molecular formula is C23H15BrIN3O5. The number of hydrogen-bond donors (Lipinski definition) is 1. The minimum absolute atomic E-state index is 0.00284. The molecule has 33 heavy (non-hydrogen) atoms. The molecule has 1 N–H and O–H groups in total. The zero-order valence-electron chi connectivity index (χ0n) is 16.8. The summed E-state index contributed by atoms with van der Waals surface area (Å²) in [6.45, 7) is 0.444. The van der Waals surface area contributed by atoms with E-state index in [4.69, 9.17) is 9.15 Å². The predicted molar refractivity (Wildman–Crippen MR) is 136 cm³/mol. The number of nitrogens with zero attached hydrogens (tertiary/aromatic N) is 2. The van der Waals surface area contributed by atoms with Crippen LogP contribution in [0.5, 0.6) is 5.75 Å². The Balaban J connectivity index is 1.42. The number of nitro benzene ring substituents is 1. The third kappa shape index (κ3) is 5.57. The highest BCUT2D eigenvalue weighted by Gasteiger charge is 2.15. The Kier molecular flexibility index (Phi) is 7.04. The number of halogens is 2. The number of furan rings is 1. The highest BCUT2D eigenvalue weighted by molar-refractivity contribution is 14.1. The minimum atomic E-state index is -0.568. The van der Waals surface area contributed by atoms with Gasteiger partial charge in [-0.3, -0.25) is 14.9 Å². The molecule has 0 aliphatic carbocycles. The molecular weight excluding hydrogens is 605 g/mol. The number of benzene rings is 3. The van der Waals surface area contributed by atoms with E-state index in [0.717, 1.165) is 24.9 Å². The van der Waals surface area contributed by atoms with Crippen molar-refractivity contribution in [3.63, 3.8) is 0 Å². The van der Waals surface area contributed by atoms with Crippen molar-refractivity contribution < 1.29 is 18.9 Å². The molecule has 4 aromatic rings. The lowest BCUT2D eigenvalue weighted by Crippen LogP contribution is -2.16. The van der Waals surface area contributed by atoms with E-state index in [9.17, 15) is 14.9 Å². The number of carbonyl (C=O) groups is 1. The molecule has 1 heterocycles. The highest BCUT2D eigenvalue weighted by Crippen LogP contribution is 2.32. The van der Waals surface area contributed by atoms with Gasteiger partial charge in [0, 0.05) is 17.5 Å². The van der Waals surface area contributed by atoms with Crippen LogP contribution in [0, 0.1) is 13.7 Å². The van der Waals surface area contributed by atoms with Crippen LogP contribution in [0.2, 0.25) is 0 Å². The van der Waals surface area contributed by atoms with E-state index in [-0.39, 0.29) is 11.4 Å². The van der Waals surface area contributed by atoms with Crippen molar-refractivity contribution in [3.05, 3.63) is 102 Å². The summed E-state index contributed by atoms with van der Waals surface area (Å²) < 4.78 is 13.0. The number of nitro groups is 1. The maximum Gasteiger partial charge on any atom is 0.307 e. The van der Waals surface area contributed by atoms with Gasteiger partial charge in [0.25, 0.3) is 5.69 Å². The van der Waals surface area contributed by atoms with Gasteiger partial charge in [-0.2, -0.15) is 5.10 Å². The summed E-state index contributed by atoms with van der Waals surface area (Å²) >= 11 is 5.70. The smallest absolute Gasteiger partial charge is 0.307 e. The summed E-state index contributed by atoms with van der Waals surface area (Å²) in [5.41, 5.74) is 4.51. The van der Waals surface area contributed by atoms with Gasteiger partial charge in [-0.15, -0.1) is 0 Å². The fourth-order valence-electron chi connectivity index (χ4n) is 3.00. The summed E-state index contributed by atoms with van der Waals surface area (Å²) in [5.74, 6) is 0.154. The van der Waals surface area contributed by atoms with Gasteiger partial charge in [-0.1, -0.05) is 30.3 Å². The molecule has 0 aliphatic heterocycles. The number of hydrazone groups is 1. The van der Waals surface area contributed by atoms with Crippen molar-refractivity contribution in [2.45, 2.75) is 6.61 Å². The molecule has 1 aromatic heterocycles. The molecule has 0 bridgehead atoms. The van der Waals surface area contributed by atoms with E-state index < -0.39 is 10.8 Å². The second-order valence-corrected chi connectivity index (χ2v) is 8.89. The molecule has 0 spiro atoms. The number of fused-ring (bicyclic) bond motifs is 1. The van der Waals surface area contributed by atoms with E-state index in [0.29, 0.717) is 17.6 Å². The molecule has 166 valence electrons. The lowest BCUT2D eigenvalue weighted by molar-refractivity contribution is -0.384. The van der Waals surface area contributed by atoms with E-state index in [1.807, 2.05) is 42.5 Å². The summed E-state index contributed by atoms with van der Waals surface area (Å²) in [6, 6.07) is 19.1. The average Bonchev–Trinajstić information content (AvgIpc) is 3.23. The van der Waals surface area contributed by atoms with Gasteiger partial charge in [0.05, 0.1) is 19.2 Å². The predicted octanol–water partition coefficient (Wildman–Crippen LogP) is 6.05. The SMILES string of the molecule is O=C(N/N=C/c1cc(Br)c(OCc2ccccc2)c(I)c1)c1cc2cc([N+](=O)[O-])ccc2o1. The van der Waals surface area contributed by atoms with Crippen molar-refractivity contribution in [2.24, 2.45) is 5.10 Å². The summed E-state index contributed by atoms with van der Waals surface area (Å²) in [7, 11) is 0. The van der Waals surface area contributed by atoms with E-state index in [1.54, 1.807) is 0 Å². The molecule has 4 rings (SSSR count). The number of carbonyl (C=O) groups excluding carboxylic acids is 1. The van der Waals surface area contributed by atoms with E-state index >= 15 is 0 Å². The van der Waals surface area contributed by atoms with E-state index in [2.05, 4.69) is 49.0 Å². The number of amides is 1. The van der Waals surface area contributed by atoms with Crippen molar-refractivity contribution in [1.82, 2.24) is 5.43 Å². The largest absolute Gasteiger partial charge is 0.487 e. The second kappa shape index (κ2) is 10.1. The topological polar surface area (TPSA) is 107 Å². The maximum atomic E-state index is 12.3. The summed E-state index contributed by atoms with van der Waals surface area (Å²) in [6.07, 6.45) is 1.50. The van der Waals surface area contributed by atoms with Crippen LogP contribution in [0.1, 0.15) is 21.7 Å². The second-order valence-electron chi connectivity index (χ2n) is 6.88. The first-order valence-electron chi connectivity index (χ1n) is 9.58. The van der Waals surface area contributed by atoms with E-state index in [1.165, 1.54) is 30.5 Å². The van der Waals surface area contributed by atoms with Gasteiger partial charge in [-0.25, -0.2) is 5.43 Å². The van der Waals surface area contributed by atoms with Crippen molar-refractivity contribution >= 4 is 67.3 Å². The Hall–Kier alpha value is -3.25. The van der Waals surface area contributed by atoms with Crippen LogP contribution in [-0.2, 0) is 6.61 Å². The fourth-order valence-corrected chi connectivity index (χ4v) is 4.77. The Bertz CT molecular complexity index is 1350. The standard InChI is InChI=1S/C23H15BrIN3O5/c24-18-8-15(9-19(25)22(18)32-13-14-4-2-1-3-5-14)12-26-27-23(29)21-11-16-10-17(28(30)31)6-7-20(16)33-21/h1-12H,13H2,(H,27,29)/b26-12+. The van der Waals surface area contributed by atoms with Crippen LogP contribution in [0.3, 0.4) is 0 Å². The van der Waals surface area contributed by atoms with Crippen LogP contribution >= 0.6 is 38.5 Å². The maximum absolute atomic E-state index is 12.3. The zero-order chi connectivity index (χ0) is 23.4. The molecule has 0 fully saturated rings. The summed E-state index contributed by atoms with van der Waals surface area (Å²) in [4.78, 5) is 22.7. The zero-order valence-corrected chi connectivity index (χ0v) is 20.6. The Morgan fingerprint density at radius 1 is 1.18 bits per heavy atom. The number of ether oxygens (including phenoxy) is 1. The monoisotopic (exact) mass is 619 g/mol. The third-order valence-electron chi connectivity index (χ3n) is 4.56. The molecule has 0 aliphatic rings. The van der Waals surface area contributed by atoms with Gasteiger partial charge < -0.3 is 9.15 Å². The molecule has 0 atom stereocenters. The van der Waals surface area contributed by atoms with Crippen LogP contribution in [-0.4, -0.2) is 17.0 Å².